The molecule has 1 aliphatic heterocycles. The SMILES string of the molecule is CCCNC(=O)[C@@H]1CN(C(=O)c2cc(F)cc(F)c2)c2ccccc2O1. The monoisotopic (exact) mass is 360 g/mol. The van der Waals surface area contributed by atoms with Gasteiger partial charge >= 0.3 is 0 Å². The number of carbonyl (C=O) groups is 2. The maximum absolute atomic E-state index is 13.5. The second-order valence-electron chi connectivity index (χ2n) is 5.94. The summed E-state index contributed by atoms with van der Waals surface area (Å²) in [5, 5.41) is 2.73. The summed E-state index contributed by atoms with van der Waals surface area (Å²) in [4.78, 5) is 26.4. The van der Waals surface area contributed by atoms with Crippen LogP contribution in [0.25, 0.3) is 0 Å². The van der Waals surface area contributed by atoms with E-state index < -0.39 is 23.6 Å². The van der Waals surface area contributed by atoms with Gasteiger partial charge in [0.15, 0.2) is 6.10 Å². The number of hydrogen-bond acceptors (Lipinski definition) is 3. The third kappa shape index (κ3) is 3.66. The number of ether oxygens (including phenoxy) is 1. The Morgan fingerprint density at radius 1 is 1.19 bits per heavy atom. The number of hydrogen-bond donors (Lipinski definition) is 1. The first-order valence-electron chi connectivity index (χ1n) is 8.31. The molecule has 1 heterocycles. The maximum Gasteiger partial charge on any atom is 0.262 e. The van der Waals surface area contributed by atoms with Gasteiger partial charge in [0.05, 0.1) is 12.2 Å². The van der Waals surface area contributed by atoms with E-state index in [1.54, 1.807) is 24.3 Å². The zero-order valence-corrected chi connectivity index (χ0v) is 14.2. The van der Waals surface area contributed by atoms with Crippen LogP contribution in [-0.4, -0.2) is 31.0 Å². The lowest BCUT2D eigenvalue weighted by Gasteiger charge is -2.34. The van der Waals surface area contributed by atoms with Gasteiger partial charge in [0.1, 0.15) is 17.4 Å². The van der Waals surface area contributed by atoms with E-state index in [0.29, 0.717) is 24.0 Å². The largest absolute Gasteiger partial charge is 0.477 e. The molecule has 2 aromatic carbocycles. The van der Waals surface area contributed by atoms with Gasteiger partial charge in [-0.2, -0.15) is 0 Å². The Morgan fingerprint density at radius 3 is 2.58 bits per heavy atom. The van der Waals surface area contributed by atoms with Crippen LogP contribution < -0.4 is 15.0 Å². The van der Waals surface area contributed by atoms with Crippen LogP contribution in [-0.2, 0) is 4.79 Å². The summed E-state index contributed by atoms with van der Waals surface area (Å²) in [6.45, 7) is 2.36. The molecular weight excluding hydrogens is 342 g/mol. The molecule has 0 spiro atoms. The first kappa shape index (κ1) is 17.8. The summed E-state index contributed by atoms with van der Waals surface area (Å²) in [5.74, 6) is -2.27. The first-order chi connectivity index (χ1) is 12.5. The summed E-state index contributed by atoms with van der Waals surface area (Å²) in [7, 11) is 0. The lowest BCUT2D eigenvalue weighted by Crippen LogP contribution is -2.50. The van der Waals surface area contributed by atoms with Crippen molar-refractivity contribution < 1.29 is 23.1 Å². The van der Waals surface area contributed by atoms with Crippen molar-refractivity contribution in [1.29, 1.82) is 0 Å². The molecule has 2 amide bonds. The molecule has 2 aromatic rings. The standard InChI is InChI=1S/C19H18F2N2O3/c1-2-7-22-18(24)17-11-23(15-5-3-4-6-16(15)26-17)19(25)12-8-13(20)10-14(21)9-12/h3-6,8-10,17H,2,7,11H2,1H3,(H,22,24)/t17-/m0/s1. The van der Waals surface area contributed by atoms with E-state index in [-0.39, 0.29) is 18.0 Å². The molecule has 1 atom stereocenters. The molecule has 1 N–H and O–H groups in total. The minimum atomic E-state index is -0.904. The molecule has 7 heteroatoms. The van der Waals surface area contributed by atoms with E-state index in [9.17, 15) is 18.4 Å². The lowest BCUT2D eigenvalue weighted by atomic mass is 10.1. The second kappa shape index (κ2) is 7.51. The Balaban J connectivity index is 1.93. The van der Waals surface area contributed by atoms with E-state index in [4.69, 9.17) is 4.74 Å². The van der Waals surface area contributed by atoms with Crippen LogP contribution in [0.2, 0.25) is 0 Å². The predicted molar refractivity (Wildman–Crippen MR) is 92.2 cm³/mol. The topological polar surface area (TPSA) is 58.6 Å². The number of para-hydroxylation sites is 2. The quantitative estimate of drug-likeness (QED) is 0.912. The van der Waals surface area contributed by atoms with Crippen molar-refractivity contribution in [3.8, 4) is 5.75 Å². The highest BCUT2D eigenvalue weighted by atomic mass is 19.1. The van der Waals surface area contributed by atoms with Crippen LogP contribution in [0.5, 0.6) is 5.75 Å². The van der Waals surface area contributed by atoms with Gasteiger partial charge in [0, 0.05) is 18.2 Å². The van der Waals surface area contributed by atoms with Gasteiger partial charge in [0.25, 0.3) is 11.8 Å². The van der Waals surface area contributed by atoms with Crippen LogP contribution in [0.4, 0.5) is 14.5 Å². The molecule has 0 unspecified atom stereocenters. The van der Waals surface area contributed by atoms with E-state index in [0.717, 1.165) is 18.6 Å². The van der Waals surface area contributed by atoms with E-state index in [1.807, 2.05) is 6.92 Å². The van der Waals surface area contributed by atoms with Gasteiger partial charge in [0.2, 0.25) is 0 Å². The Hall–Kier alpha value is -2.96. The van der Waals surface area contributed by atoms with Gasteiger partial charge in [-0.1, -0.05) is 19.1 Å². The fourth-order valence-electron chi connectivity index (χ4n) is 2.76. The molecular formula is C19H18F2N2O3. The summed E-state index contributed by atoms with van der Waals surface area (Å²) in [5.41, 5.74) is 0.314. The Bertz CT molecular complexity index is 821. The van der Waals surface area contributed by atoms with Crippen molar-refractivity contribution in [2.45, 2.75) is 19.4 Å². The van der Waals surface area contributed by atoms with E-state index in [2.05, 4.69) is 5.32 Å². The van der Waals surface area contributed by atoms with Crippen LogP contribution in [0.3, 0.4) is 0 Å². The average Bonchev–Trinajstić information content (AvgIpc) is 2.63. The maximum atomic E-state index is 13.5. The zero-order valence-electron chi connectivity index (χ0n) is 14.2. The minimum Gasteiger partial charge on any atom is -0.477 e. The first-order valence-corrected chi connectivity index (χ1v) is 8.31. The molecule has 0 aromatic heterocycles. The van der Waals surface area contributed by atoms with Crippen LogP contribution in [0.15, 0.2) is 42.5 Å². The molecule has 26 heavy (non-hydrogen) atoms. The van der Waals surface area contributed by atoms with Crippen LogP contribution >= 0.6 is 0 Å². The summed E-state index contributed by atoms with van der Waals surface area (Å²) < 4.78 is 32.7. The van der Waals surface area contributed by atoms with Crippen molar-refractivity contribution in [1.82, 2.24) is 5.32 Å². The number of amides is 2. The molecule has 3 rings (SSSR count). The molecule has 0 bridgehead atoms. The molecule has 0 fully saturated rings. The number of halogens is 2. The number of benzene rings is 2. The van der Waals surface area contributed by atoms with Gasteiger partial charge in [-0.05, 0) is 30.7 Å². The lowest BCUT2D eigenvalue weighted by molar-refractivity contribution is -0.127. The molecule has 0 radical (unpaired) electrons. The molecule has 0 saturated carbocycles. The number of carbonyl (C=O) groups excluding carboxylic acids is 2. The van der Waals surface area contributed by atoms with Crippen LogP contribution in [0, 0.1) is 11.6 Å². The Labute approximate surface area is 149 Å². The Kier molecular flexibility index (Phi) is 5.16. The number of nitrogens with one attached hydrogen (secondary N) is 1. The molecule has 1 aliphatic rings. The fourth-order valence-corrected chi connectivity index (χ4v) is 2.76. The summed E-state index contributed by atoms with van der Waals surface area (Å²) in [6, 6.07) is 9.36. The number of fused-ring (bicyclic) bond motifs is 1. The average molecular weight is 360 g/mol. The number of anilines is 1. The smallest absolute Gasteiger partial charge is 0.262 e. The predicted octanol–water partition coefficient (Wildman–Crippen LogP) is 2.90. The van der Waals surface area contributed by atoms with E-state index in [1.165, 1.54) is 4.90 Å². The fraction of sp³-hybridized carbons (Fsp3) is 0.263. The van der Waals surface area contributed by atoms with E-state index >= 15 is 0 Å². The van der Waals surface area contributed by atoms with Gasteiger partial charge < -0.3 is 15.0 Å². The zero-order chi connectivity index (χ0) is 18.7. The molecule has 136 valence electrons. The number of rotatable bonds is 4. The molecule has 5 nitrogen and oxygen atoms in total. The summed E-state index contributed by atoms with van der Waals surface area (Å²) in [6.07, 6.45) is -0.140. The van der Waals surface area contributed by atoms with Gasteiger partial charge in [-0.15, -0.1) is 0 Å². The van der Waals surface area contributed by atoms with Gasteiger partial charge in [-0.25, -0.2) is 8.78 Å². The highest BCUT2D eigenvalue weighted by Crippen LogP contribution is 2.34. The third-order valence-electron chi connectivity index (χ3n) is 3.97. The summed E-state index contributed by atoms with van der Waals surface area (Å²) >= 11 is 0. The van der Waals surface area contributed by atoms with Crippen molar-refractivity contribution in [3.05, 3.63) is 59.7 Å². The highest BCUT2D eigenvalue weighted by Gasteiger charge is 2.34. The second-order valence-corrected chi connectivity index (χ2v) is 5.94. The van der Waals surface area contributed by atoms with Gasteiger partial charge in [-0.3, -0.25) is 9.59 Å². The highest BCUT2D eigenvalue weighted by molar-refractivity contribution is 6.07. The normalized spacial score (nSPS) is 15.8. The van der Waals surface area contributed by atoms with Crippen molar-refractivity contribution in [2.24, 2.45) is 0 Å². The van der Waals surface area contributed by atoms with Crippen molar-refractivity contribution >= 4 is 17.5 Å². The molecule has 0 aliphatic carbocycles. The van der Waals surface area contributed by atoms with Crippen molar-refractivity contribution in [2.75, 3.05) is 18.0 Å². The number of nitrogens with zero attached hydrogens (tertiary/aromatic N) is 1. The van der Waals surface area contributed by atoms with Crippen LogP contribution in [0.1, 0.15) is 23.7 Å². The Morgan fingerprint density at radius 2 is 1.88 bits per heavy atom. The minimum absolute atomic E-state index is 0.0521. The van der Waals surface area contributed by atoms with Crippen molar-refractivity contribution in [3.63, 3.8) is 0 Å². The molecule has 0 saturated heterocycles. The third-order valence-corrected chi connectivity index (χ3v) is 3.97.